The number of hydrogen-bond donors (Lipinski definition) is 1. The van der Waals surface area contributed by atoms with E-state index < -0.39 is 0 Å². The average Bonchev–Trinajstić information content (AvgIpc) is 2.54. The van der Waals surface area contributed by atoms with Crippen molar-refractivity contribution in [2.75, 3.05) is 6.54 Å². The molecule has 0 amide bonds. The molecule has 1 aliphatic heterocycles. The molecule has 0 aliphatic carbocycles. The van der Waals surface area contributed by atoms with Gasteiger partial charge in [-0.05, 0) is 58.9 Å². The quantitative estimate of drug-likeness (QED) is 0.751. The molecule has 0 bridgehead atoms. The minimum Gasteiger partial charge on any atom is -0.372 e. The van der Waals surface area contributed by atoms with Crippen LogP contribution in [0.15, 0.2) is 0 Å². The summed E-state index contributed by atoms with van der Waals surface area (Å²) in [5.41, 5.74) is 0.116. The molecule has 1 saturated heterocycles. The maximum Gasteiger partial charge on any atom is 0.0631 e. The highest BCUT2D eigenvalue weighted by molar-refractivity contribution is 4.83. The first-order valence-corrected chi connectivity index (χ1v) is 6.86. The Bertz CT molecular complexity index is 203. The van der Waals surface area contributed by atoms with E-state index in [9.17, 15) is 0 Å². The summed E-state index contributed by atoms with van der Waals surface area (Å²) in [4.78, 5) is 0. The Morgan fingerprint density at radius 3 is 2.56 bits per heavy atom. The van der Waals surface area contributed by atoms with Crippen LogP contribution in [0.5, 0.6) is 0 Å². The van der Waals surface area contributed by atoms with Gasteiger partial charge >= 0.3 is 0 Å². The van der Waals surface area contributed by atoms with E-state index in [4.69, 9.17) is 4.74 Å². The SMILES string of the molecule is CCCNC(C)C(C)CC1CCC(C)(C)O1. The minimum atomic E-state index is 0.116. The lowest BCUT2D eigenvalue weighted by atomic mass is 9.94. The van der Waals surface area contributed by atoms with Crippen molar-refractivity contribution in [1.82, 2.24) is 5.32 Å². The Balaban J connectivity index is 2.26. The largest absolute Gasteiger partial charge is 0.372 e. The van der Waals surface area contributed by atoms with E-state index in [0.29, 0.717) is 18.1 Å². The fraction of sp³-hybridized carbons (Fsp3) is 1.00. The van der Waals surface area contributed by atoms with Crippen molar-refractivity contribution in [2.45, 2.75) is 78.0 Å². The van der Waals surface area contributed by atoms with Gasteiger partial charge in [-0.25, -0.2) is 0 Å². The second-order valence-corrected chi connectivity index (χ2v) is 5.99. The van der Waals surface area contributed by atoms with Crippen LogP contribution in [0.2, 0.25) is 0 Å². The number of ether oxygens (including phenoxy) is 1. The van der Waals surface area contributed by atoms with Gasteiger partial charge in [0.05, 0.1) is 11.7 Å². The highest BCUT2D eigenvalue weighted by Gasteiger charge is 2.32. The van der Waals surface area contributed by atoms with Crippen molar-refractivity contribution in [1.29, 1.82) is 0 Å². The summed E-state index contributed by atoms with van der Waals surface area (Å²) >= 11 is 0. The molecule has 1 heterocycles. The molecule has 0 saturated carbocycles. The van der Waals surface area contributed by atoms with Gasteiger partial charge in [-0.3, -0.25) is 0 Å². The summed E-state index contributed by atoms with van der Waals surface area (Å²) in [5, 5.41) is 3.57. The standard InChI is InChI=1S/C14H29NO/c1-6-9-15-12(3)11(2)10-13-7-8-14(4,5)16-13/h11-13,15H,6-10H2,1-5H3. The Hall–Kier alpha value is -0.0800. The third-order valence-electron chi connectivity index (χ3n) is 3.76. The van der Waals surface area contributed by atoms with Crippen LogP contribution in [0.1, 0.15) is 60.3 Å². The molecule has 1 rings (SSSR count). The van der Waals surface area contributed by atoms with E-state index in [-0.39, 0.29) is 5.60 Å². The van der Waals surface area contributed by atoms with E-state index in [1.807, 2.05) is 0 Å². The molecule has 3 unspecified atom stereocenters. The van der Waals surface area contributed by atoms with Crippen molar-refractivity contribution < 1.29 is 4.74 Å². The number of hydrogen-bond acceptors (Lipinski definition) is 2. The molecule has 16 heavy (non-hydrogen) atoms. The first-order valence-electron chi connectivity index (χ1n) is 6.86. The van der Waals surface area contributed by atoms with Gasteiger partial charge in [0, 0.05) is 6.04 Å². The molecule has 1 aliphatic rings. The van der Waals surface area contributed by atoms with Crippen LogP contribution >= 0.6 is 0 Å². The zero-order valence-corrected chi connectivity index (χ0v) is 11.7. The van der Waals surface area contributed by atoms with Crippen LogP contribution in [0, 0.1) is 5.92 Å². The summed E-state index contributed by atoms with van der Waals surface area (Å²) in [6, 6.07) is 0.604. The molecule has 0 spiro atoms. The van der Waals surface area contributed by atoms with Gasteiger partial charge in [0.15, 0.2) is 0 Å². The molecule has 96 valence electrons. The predicted molar refractivity (Wildman–Crippen MR) is 69.7 cm³/mol. The van der Waals surface area contributed by atoms with Gasteiger partial charge in [-0.2, -0.15) is 0 Å². The summed E-state index contributed by atoms with van der Waals surface area (Å²) in [7, 11) is 0. The molecule has 1 fully saturated rings. The Kier molecular flexibility index (Phi) is 5.26. The van der Waals surface area contributed by atoms with Gasteiger partial charge in [-0.15, -0.1) is 0 Å². The summed E-state index contributed by atoms with van der Waals surface area (Å²) in [6.45, 7) is 12.4. The van der Waals surface area contributed by atoms with Crippen molar-refractivity contribution in [3.8, 4) is 0 Å². The zero-order chi connectivity index (χ0) is 12.2. The lowest BCUT2D eigenvalue weighted by Crippen LogP contribution is -2.34. The predicted octanol–water partition coefficient (Wildman–Crippen LogP) is 3.36. The van der Waals surface area contributed by atoms with Crippen LogP contribution in [-0.2, 0) is 4.74 Å². The fourth-order valence-corrected chi connectivity index (χ4v) is 2.44. The van der Waals surface area contributed by atoms with Crippen molar-refractivity contribution in [3.63, 3.8) is 0 Å². The van der Waals surface area contributed by atoms with Crippen molar-refractivity contribution in [2.24, 2.45) is 5.92 Å². The van der Waals surface area contributed by atoms with E-state index >= 15 is 0 Å². The number of rotatable bonds is 6. The van der Waals surface area contributed by atoms with Crippen molar-refractivity contribution in [3.05, 3.63) is 0 Å². The smallest absolute Gasteiger partial charge is 0.0631 e. The summed E-state index contributed by atoms with van der Waals surface area (Å²) < 4.78 is 6.05. The maximum atomic E-state index is 6.05. The normalized spacial score (nSPS) is 27.9. The second-order valence-electron chi connectivity index (χ2n) is 5.99. The Labute approximate surface area is 101 Å². The van der Waals surface area contributed by atoms with Crippen LogP contribution in [0.25, 0.3) is 0 Å². The molecule has 2 heteroatoms. The lowest BCUT2D eigenvalue weighted by Gasteiger charge is -2.25. The average molecular weight is 227 g/mol. The molecule has 0 aromatic heterocycles. The molecule has 0 radical (unpaired) electrons. The maximum absolute atomic E-state index is 6.05. The molecular formula is C14H29NO. The van der Waals surface area contributed by atoms with E-state index in [0.717, 1.165) is 6.54 Å². The fourth-order valence-electron chi connectivity index (χ4n) is 2.44. The third-order valence-corrected chi connectivity index (χ3v) is 3.76. The number of nitrogens with one attached hydrogen (secondary N) is 1. The first-order chi connectivity index (χ1) is 7.44. The van der Waals surface area contributed by atoms with Crippen molar-refractivity contribution >= 4 is 0 Å². The van der Waals surface area contributed by atoms with E-state index in [1.165, 1.54) is 25.7 Å². The van der Waals surface area contributed by atoms with E-state index in [2.05, 4.69) is 39.9 Å². The van der Waals surface area contributed by atoms with Gasteiger partial charge in [0.25, 0.3) is 0 Å². The zero-order valence-electron chi connectivity index (χ0n) is 11.7. The van der Waals surface area contributed by atoms with Gasteiger partial charge in [0.1, 0.15) is 0 Å². The summed E-state index contributed by atoms with van der Waals surface area (Å²) in [6.07, 6.45) is 5.33. The highest BCUT2D eigenvalue weighted by atomic mass is 16.5. The van der Waals surface area contributed by atoms with E-state index in [1.54, 1.807) is 0 Å². The Morgan fingerprint density at radius 1 is 1.38 bits per heavy atom. The second kappa shape index (κ2) is 6.02. The molecule has 1 N–H and O–H groups in total. The van der Waals surface area contributed by atoms with Crippen LogP contribution in [0.4, 0.5) is 0 Å². The van der Waals surface area contributed by atoms with Gasteiger partial charge in [0.2, 0.25) is 0 Å². The van der Waals surface area contributed by atoms with Gasteiger partial charge in [-0.1, -0.05) is 13.8 Å². The van der Waals surface area contributed by atoms with Gasteiger partial charge < -0.3 is 10.1 Å². The third kappa shape index (κ3) is 4.42. The molecule has 0 aromatic rings. The molecule has 2 nitrogen and oxygen atoms in total. The summed E-state index contributed by atoms with van der Waals surface area (Å²) in [5.74, 6) is 0.699. The Morgan fingerprint density at radius 2 is 2.06 bits per heavy atom. The first kappa shape index (κ1) is 14.0. The van der Waals surface area contributed by atoms with Crippen LogP contribution in [0.3, 0.4) is 0 Å². The van der Waals surface area contributed by atoms with Crippen LogP contribution < -0.4 is 5.32 Å². The lowest BCUT2D eigenvalue weighted by molar-refractivity contribution is -0.0252. The molecule has 0 aromatic carbocycles. The molecular weight excluding hydrogens is 198 g/mol. The molecule has 3 atom stereocenters. The minimum absolute atomic E-state index is 0.116. The van der Waals surface area contributed by atoms with Crippen LogP contribution in [-0.4, -0.2) is 24.3 Å². The highest BCUT2D eigenvalue weighted by Crippen LogP contribution is 2.32. The monoisotopic (exact) mass is 227 g/mol. The topological polar surface area (TPSA) is 21.3 Å².